The Labute approximate surface area is 101 Å². The molecule has 2 heterocycles. The third kappa shape index (κ3) is 2.86. The average Bonchev–Trinajstić information content (AvgIpc) is 2.30. The van der Waals surface area contributed by atoms with Crippen molar-refractivity contribution in [1.29, 1.82) is 0 Å². The SMILES string of the molecule is CCOC1CCCN(c2cccc(Cl)n2)C1. The third-order valence-corrected chi connectivity index (χ3v) is 3.02. The number of pyridine rings is 1. The largest absolute Gasteiger partial charge is 0.377 e. The standard InChI is InChI=1S/C12H17ClN2O/c1-2-16-10-5-4-8-15(9-10)12-7-3-6-11(13)14-12/h3,6-7,10H,2,4-5,8-9H2,1H3. The van der Waals surface area contributed by atoms with Crippen LogP contribution in [0.1, 0.15) is 19.8 Å². The number of nitrogens with zero attached hydrogens (tertiary/aromatic N) is 2. The molecule has 0 bridgehead atoms. The number of rotatable bonds is 3. The summed E-state index contributed by atoms with van der Waals surface area (Å²) in [5.41, 5.74) is 0. The Morgan fingerprint density at radius 1 is 1.56 bits per heavy atom. The predicted octanol–water partition coefficient (Wildman–Crippen LogP) is 2.74. The monoisotopic (exact) mass is 240 g/mol. The maximum atomic E-state index is 5.89. The molecule has 1 aliphatic heterocycles. The van der Waals surface area contributed by atoms with Gasteiger partial charge in [-0.3, -0.25) is 0 Å². The molecule has 1 saturated heterocycles. The highest BCUT2D eigenvalue weighted by atomic mass is 35.5. The van der Waals surface area contributed by atoms with E-state index in [9.17, 15) is 0 Å². The van der Waals surface area contributed by atoms with Crippen LogP contribution in [0.15, 0.2) is 18.2 Å². The first-order chi connectivity index (χ1) is 7.79. The minimum Gasteiger partial charge on any atom is -0.377 e. The number of aromatic nitrogens is 1. The molecule has 1 aromatic rings. The highest BCUT2D eigenvalue weighted by molar-refractivity contribution is 6.29. The van der Waals surface area contributed by atoms with Gasteiger partial charge in [-0.05, 0) is 31.9 Å². The van der Waals surface area contributed by atoms with E-state index in [1.807, 2.05) is 19.1 Å². The van der Waals surface area contributed by atoms with Crippen molar-refractivity contribution in [3.63, 3.8) is 0 Å². The fourth-order valence-electron chi connectivity index (χ4n) is 2.09. The van der Waals surface area contributed by atoms with Gasteiger partial charge in [0.1, 0.15) is 11.0 Å². The Morgan fingerprint density at radius 2 is 2.44 bits per heavy atom. The van der Waals surface area contributed by atoms with Crippen molar-refractivity contribution in [2.75, 3.05) is 24.6 Å². The molecule has 0 aromatic carbocycles. The molecular weight excluding hydrogens is 224 g/mol. The van der Waals surface area contributed by atoms with Crippen LogP contribution in [-0.2, 0) is 4.74 Å². The van der Waals surface area contributed by atoms with E-state index < -0.39 is 0 Å². The molecule has 0 amide bonds. The molecule has 1 unspecified atom stereocenters. The highest BCUT2D eigenvalue weighted by Gasteiger charge is 2.20. The van der Waals surface area contributed by atoms with E-state index in [0.29, 0.717) is 11.3 Å². The average molecular weight is 241 g/mol. The Hall–Kier alpha value is -0.800. The second-order valence-electron chi connectivity index (χ2n) is 3.98. The lowest BCUT2D eigenvalue weighted by molar-refractivity contribution is 0.0525. The number of hydrogen-bond acceptors (Lipinski definition) is 3. The molecule has 3 nitrogen and oxygen atoms in total. The molecule has 1 aliphatic rings. The van der Waals surface area contributed by atoms with Gasteiger partial charge >= 0.3 is 0 Å². The van der Waals surface area contributed by atoms with E-state index in [-0.39, 0.29) is 0 Å². The topological polar surface area (TPSA) is 25.4 Å². The smallest absolute Gasteiger partial charge is 0.131 e. The number of piperidine rings is 1. The molecule has 1 atom stereocenters. The van der Waals surface area contributed by atoms with Crippen LogP contribution < -0.4 is 4.90 Å². The van der Waals surface area contributed by atoms with E-state index >= 15 is 0 Å². The Bertz CT molecular complexity index is 344. The van der Waals surface area contributed by atoms with E-state index in [2.05, 4.69) is 9.88 Å². The van der Waals surface area contributed by atoms with Crippen LogP contribution in [0.3, 0.4) is 0 Å². The molecule has 0 saturated carbocycles. The number of hydrogen-bond donors (Lipinski definition) is 0. The van der Waals surface area contributed by atoms with Gasteiger partial charge in [-0.1, -0.05) is 17.7 Å². The lowest BCUT2D eigenvalue weighted by atomic mass is 10.1. The molecule has 0 radical (unpaired) electrons. The van der Waals surface area contributed by atoms with Gasteiger partial charge in [-0.15, -0.1) is 0 Å². The quantitative estimate of drug-likeness (QED) is 0.760. The summed E-state index contributed by atoms with van der Waals surface area (Å²) < 4.78 is 5.66. The van der Waals surface area contributed by atoms with E-state index in [4.69, 9.17) is 16.3 Å². The second-order valence-corrected chi connectivity index (χ2v) is 4.37. The molecular formula is C12H17ClN2O. The van der Waals surface area contributed by atoms with E-state index in [1.165, 1.54) is 0 Å². The molecule has 1 aromatic heterocycles. The van der Waals surface area contributed by atoms with Gasteiger partial charge in [0.2, 0.25) is 0 Å². The first-order valence-corrected chi connectivity index (χ1v) is 6.16. The molecule has 16 heavy (non-hydrogen) atoms. The molecule has 0 aliphatic carbocycles. The summed E-state index contributed by atoms with van der Waals surface area (Å²) in [4.78, 5) is 6.57. The lowest BCUT2D eigenvalue weighted by Gasteiger charge is -2.33. The number of halogens is 1. The van der Waals surface area contributed by atoms with Crippen LogP contribution in [0.4, 0.5) is 5.82 Å². The molecule has 2 rings (SSSR count). The lowest BCUT2D eigenvalue weighted by Crippen LogP contribution is -2.40. The molecule has 1 fully saturated rings. The maximum Gasteiger partial charge on any atom is 0.131 e. The highest BCUT2D eigenvalue weighted by Crippen LogP contribution is 2.20. The van der Waals surface area contributed by atoms with Crippen LogP contribution in [0, 0.1) is 0 Å². The molecule has 0 N–H and O–H groups in total. The normalized spacial score (nSPS) is 21.1. The van der Waals surface area contributed by atoms with Crippen LogP contribution in [0.5, 0.6) is 0 Å². The van der Waals surface area contributed by atoms with Gasteiger partial charge in [0.25, 0.3) is 0 Å². The summed E-state index contributed by atoms with van der Waals surface area (Å²) >= 11 is 5.89. The molecule has 0 spiro atoms. The van der Waals surface area contributed by atoms with Crippen LogP contribution >= 0.6 is 11.6 Å². The van der Waals surface area contributed by atoms with Gasteiger partial charge in [0.15, 0.2) is 0 Å². The van der Waals surface area contributed by atoms with Crippen molar-refractivity contribution in [2.45, 2.75) is 25.9 Å². The van der Waals surface area contributed by atoms with Gasteiger partial charge < -0.3 is 9.64 Å². The van der Waals surface area contributed by atoms with Crippen molar-refractivity contribution in [1.82, 2.24) is 4.98 Å². The fraction of sp³-hybridized carbons (Fsp3) is 0.583. The number of anilines is 1. The van der Waals surface area contributed by atoms with Crippen molar-refractivity contribution >= 4 is 17.4 Å². The summed E-state index contributed by atoms with van der Waals surface area (Å²) in [6, 6.07) is 5.74. The van der Waals surface area contributed by atoms with Crippen molar-refractivity contribution in [3.05, 3.63) is 23.4 Å². The zero-order chi connectivity index (χ0) is 11.4. The van der Waals surface area contributed by atoms with Crippen LogP contribution in [-0.4, -0.2) is 30.8 Å². The third-order valence-electron chi connectivity index (χ3n) is 2.80. The van der Waals surface area contributed by atoms with Gasteiger partial charge in [-0.2, -0.15) is 0 Å². The van der Waals surface area contributed by atoms with Crippen LogP contribution in [0.25, 0.3) is 0 Å². The van der Waals surface area contributed by atoms with E-state index in [0.717, 1.165) is 38.4 Å². The van der Waals surface area contributed by atoms with Crippen LogP contribution in [0.2, 0.25) is 5.15 Å². The van der Waals surface area contributed by atoms with Gasteiger partial charge in [0.05, 0.1) is 6.10 Å². The fourth-order valence-corrected chi connectivity index (χ4v) is 2.25. The van der Waals surface area contributed by atoms with Crippen molar-refractivity contribution in [2.24, 2.45) is 0 Å². The summed E-state index contributed by atoms with van der Waals surface area (Å²) in [7, 11) is 0. The molecule has 4 heteroatoms. The summed E-state index contributed by atoms with van der Waals surface area (Å²) in [6.45, 7) is 4.77. The zero-order valence-corrected chi connectivity index (χ0v) is 10.3. The zero-order valence-electron chi connectivity index (χ0n) is 9.53. The first kappa shape index (κ1) is 11.7. The van der Waals surface area contributed by atoms with E-state index in [1.54, 1.807) is 6.07 Å². The Kier molecular flexibility index (Phi) is 4.02. The Balaban J connectivity index is 2.03. The first-order valence-electron chi connectivity index (χ1n) is 5.78. The minimum atomic E-state index is 0.333. The summed E-state index contributed by atoms with van der Waals surface area (Å²) in [5.74, 6) is 0.955. The second kappa shape index (κ2) is 5.51. The maximum absolute atomic E-state index is 5.89. The Morgan fingerprint density at radius 3 is 3.19 bits per heavy atom. The minimum absolute atomic E-state index is 0.333. The van der Waals surface area contributed by atoms with Crippen molar-refractivity contribution in [3.8, 4) is 0 Å². The summed E-state index contributed by atoms with van der Waals surface area (Å²) in [6.07, 6.45) is 2.63. The van der Waals surface area contributed by atoms with Crippen molar-refractivity contribution < 1.29 is 4.74 Å². The predicted molar refractivity (Wildman–Crippen MR) is 66.1 cm³/mol. The summed E-state index contributed by atoms with van der Waals surface area (Å²) in [5, 5.41) is 0.552. The van der Waals surface area contributed by atoms with Gasteiger partial charge in [-0.25, -0.2) is 4.98 Å². The number of ether oxygens (including phenoxy) is 1. The molecule has 88 valence electrons. The van der Waals surface area contributed by atoms with Gasteiger partial charge in [0, 0.05) is 19.7 Å².